The van der Waals surface area contributed by atoms with Crippen LogP contribution in [0, 0.1) is 13.8 Å². The van der Waals surface area contributed by atoms with Crippen LogP contribution in [0.4, 0.5) is 11.4 Å². The van der Waals surface area contributed by atoms with E-state index in [-0.39, 0.29) is 17.3 Å². The van der Waals surface area contributed by atoms with Gasteiger partial charge in [-0.3, -0.25) is 14.5 Å². The number of ketones is 1. The molecule has 39 heavy (non-hydrogen) atoms. The number of ether oxygens (including phenoxy) is 1. The van der Waals surface area contributed by atoms with Crippen LogP contribution in [0.15, 0.2) is 66.2 Å². The Bertz CT molecular complexity index is 1420. The fourth-order valence-electron chi connectivity index (χ4n) is 5.32. The van der Waals surface area contributed by atoms with Crippen LogP contribution in [0.3, 0.4) is 0 Å². The summed E-state index contributed by atoms with van der Waals surface area (Å²) in [7, 11) is 1.61. The normalized spacial score (nSPS) is 16.7. The van der Waals surface area contributed by atoms with Crippen molar-refractivity contribution < 1.29 is 19.4 Å². The molecule has 0 spiro atoms. The molecule has 1 amide bonds. The van der Waals surface area contributed by atoms with E-state index in [2.05, 4.69) is 18.7 Å². The van der Waals surface area contributed by atoms with Gasteiger partial charge in [-0.2, -0.15) is 0 Å². The second kappa shape index (κ2) is 11.4. The van der Waals surface area contributed by atoms with Crippen LogP contribution in [0.5, 0.6) is 5.75 Å². The van der Waals surface area contributed by atoms with E-state index in [0.29, 0.717) is 17.0 Å². The van der Waals surface area contributed by atoms with Crippen LogP contribution in [0.2, 0.25) is 0 Å². The average molecular weight is 527 g/mol. The molecule has 3 aromatic carbocycles. The molecular formula is C33H38N2O4. The van der Waals surface area contributed by atoms with Gasteiger partial charge < -0.3 is 14.7 Å². The lowest BCUT2D eigenvalue weighted by Gasteiger charge is -2.28. The smallest absolute Gasteiger partial charge is 0.300 e. The van der Waals surface area contributed by atoms with Crippen molar-refractivity contribution in [2.24, 2.45) is 0 Å². The SMILES string of the molecule is CCN(CC)c1ccc(C2/C(=C(/O)c3ccc(OC)c(C(C)C)c3)C(=O)C(=O)N2c2cc(C)ccc2C)cc1. The van der Waals surface area contributed by atoms with Gasteiger partial charge in [-0.1, -0.05) is 38.1 Å². The molecule has 1 N–H and O–H groups in total. The summed E-state index contributed by atoms with van der Waals surface area (Å²) in [5.74, 6) is -0.702. The topological polar surface area (TPSA) is 70.1 Å². The number of anilines is 2. The first-order valence-electron chi connectivity index (χ1n) is 13.5. The summed E-state index contributed by atoms with van der Waals surface area (Å²) < 4.78 is 5.51. The zero-order chi connectivity index (χ0) is 28.4. The summed E-state index contributed by atoms with van der Waals surface area (Å²) in [4.78, 5) is 31.1. The van der Waals surface area contributed by atoms with Gasteiger partial charge >= 0.3 is 0 Å². The maximum Gasteiger partial charge on any atom is 0.300 e. The van der Waals surface area contributed by atoms with E-state index in [0.717, 1.165) is 41.0 Å². The maximum absolute atomic E-state index is 13.7. The summed E-state index contributed by atoms with van der Waals surface area (Å²) >= 11 is 0. The summed E-state index contributed by atoms with van der Waals surface area (Å²) in [5, 5.41) is 11.6. The third-order valence-corrected chi connectivity index (χ3v) is 7.53. The number of aliphatic hydroxyl groups is 1. The second-order valence-electron chi connectivity index (χ2n) is 10.3. The van der Waals surface area contributed by atoms with Gasteiger partial charge in [0.25, 0.3) is 11.7 Å². The molecule has 0 radical (unpaired) electrons. The van der Waals surface area contributed by atoms with Crippen LogP contribution in [-0.2, 0) is 9.59 Å². The Kier molecular flexibility index (Phi) is 8.14. The Hall–Kier alpha value is -4.06. The zero-order valence-corrected chi connectivity index (χ0v) is 23.9. The summed E-state index contributed by atoms with van der Waals surface area (Å²) in [6, 6.07) is 18.3. The number of Topliss-reactive ketones (excluding diaryl/α,β-unsaturated/α-hetero) is 1. The number of methoxy groups -OCH3 is 1. The van der Waals surface area contributed by atoms with Crippen molar-refractivity contribution in [3.8, 4) is 5.75 Å². The molecule has 1 aliphatic rings. The molecule has 1 atom stereocenters. The molecule has 0 bridgehead atoms. The average Bonchev–Trinajstić information content (AvgIpc) is 3.20. The molecule has 6 nitrogen and oxygen atoms in total. The number of aliphatic hydroxyl groups excluding tert-OH is 1. The van der Waals surface area contributed by atoms with E-state index in [1.165, 1.54) is 4.90 Å². The minimum Gasteiger partial charge on any atom is -0.507 e. The Morgan fingerprint density at radius 3 is 2.23 bits per heavy atom. The highest BCUT2D eigenvalue weighted by Crippen LogP contribution is 2.44. The quantitative estimate of drug-likeness (QED) is 0.196. The van der Waals surface area contributed by atoms with Gasteiger partial charge in [0.15, 0.2) is 0 Å². The molecule has 1 unspecified atom stereocenters. The number of carbonyl (C=O) groups is 2. The molecule has 6 heteroatoms. The highest BCUT2D eigenvalue weighted by molar-refractivity contribution is 6.51. The minimum absolute atomic E-state index is 0.0800. The van der Waals surface area contributed by atoms with Crippen molar-refractivity contribution in [3.05, 3.63) is 94.1 Å². The number of hydrogen-bond acceptors (Lipinski definition) is 5. The molecule has 3 aromatic rings. The third-order valence-electron chi connectivity index (χ3n) is 7.53. The predicted molar refractivity (Wildman–Crippen MR) is 158 cm³/mol. The van der Waals surface area contributed by atoms with Gasteiger partial charge in [0.1, 0.15) is 11.5 Å². The van der Waals surface area contributed by atoms with E-state index in [9.17, 15) is 14.7 Å². The van der Waals surface area contributed by atoms with Crippen molar-refractivity contribution in [2.75, 3.05) is 30.0 Å². The van der Waals surface area contributed by atoms with E-state index in [4.69, 9.17) is 4.74 Å². The summed E-state index contributed by atoms with van der Waals surface area (Å²) in [6.45, 7) is 13.9. The molecule has 204 valence electrons. The minimum atomic E-state index is -0.777. The number of rotatable bonds is 8. The fraction of sp³-hybridized carbons (Fsp3) is 0.333. The first kappa shape index (κ1) is 28.0. The van der Waals surface area contributed by atoms with Crippen LogP contribution in [0.25, 0.3) is 5.76 Å². The highest BCUT2D eigenvalue weighted by atomic mass is 16.5. The first-order chi connectivity index (χ1) is 18.6. The van der Waals surface area contributed by atoms with Gasteiger partial charge in [-0.25, -0.2) is 0 Å². The van der Waals surface area contributed by atoms with Crippen molar-refractivity contribution in [2.45, 2.75) is 53.5 Å². The number of benzene rings is 3. The van der Waals surface area contributed by atoms with Crippen molar-refractivity contribution in [1.29, 1.82) is 0 Å². The Balaban J connectivity index is 1.95. The number of hydrogen-bond donors (Lipinski definition) is 1. The number of nitrogens with zero attached hydrogens (tertiary/aromatic N) is 2. The summed E-state index contributed by atoms with van der Waals surface area (Å²) in [5.41, 5.74) is 5.79. The molecule has 1 aliphatic heterocycles. The van der Waals surface area contributed by atoms with Gasteiger partial charge in [-0.15, -0.1) is 0 Å². The van der Waals surface area contributed by atoms with Gasteiger partial charge in [0.05, 0.1) is 18.7 Å². The molecule has 1 fully saturated rings. The van der Waals surface area contributed by atoms with E-state index in [1.54, 1.807) is 19.2 Å². The molecule has 0 aromatic heterocycles. The number of carbonyl (C=O) groups excluding carboxylic acids is 2. The molecule has 0 saturated carbocycles. The predicted octanol–water partition coefficient (Wildman–Crippen LogP) is 6.91. The fourth-order valence-corrected chi connectivity index (χ4v) is 5.32. The molecule has 4 rings (SSSR count). The van der Waals surface area contributed by atoms with Gasteiger partial charge in [-0.05, 0) is 92.3 Å². The molecule has 0 aliphatic carbocycles. The van der Waals surface area contributed by atoms with E-state index < -0.39 is 17.7 Å². The van der Waals surface area contributed by atoms with Crippen molar-refractivity contribution in [3.63, 3.8) is 0 Å². The zero-order valence-electron chi connectivity index (χ0n) is 23.9. The Morgan fingerprint density at radius 2 is 1.64 bits per heavy atom. The van der Waals surface area contributed by atoms with Gasteiger partial charge in [0, 0.05) is 30.0 Å². The Morgan fingerprint density at radius 1 is 0.974 bits per heavy atom. The van der Waals surface area contributed by atoms with Crippen LogP contribution in [-0.4, -0.2) is 37.0 Å². The first-order valence-corrected chi connectivity index (χ1v) is 13.5. The molecule has 1 heterocycles. The maximum atomic E-state index is 13.7. The third kappa shape index (κ3) is 5.16. The second-order valence-corrected chi connectivity index (χ2v) is 10.3. The van der Waals surface area contributed by atoms with Crippen LogP contribution < -0.4 is 14.5 Å². The lowest BCUT2D eigenvalue weighted by molar-refractivity contribution is -0.132. The van der Waals surface area contributed by atoms with Crippen LogP contribution in [0.1, 0.15) is 67.5 Å². The largest absolute Gasteiger partial charge is 0.507 e. The van der Waals surface area contributed by atoms with Crippen molar-refractivity contribution >= 4 is 28.8 Å². The summed E-state index contributed by atoms with van der Waals surface area (Å²) in [6.07, 6.45) is 0. The Labute approximate surface area is 231 Å². The van der Waals surface area contributed by atoms with Gasteiger partial charge in [0.2, 0.25) is 0 Å². The van der Waals surface area contributed by atoms with Crippen LogP contribution >= 0.6 is 0 Å². The highest BCUT2D eigenvalue weighted by Gasteiger charge is 2.47. The van der Waals surface area contributed by atoms with Crippen molar-refractivity contribution in [1.82, 2.24) is 0 Å². The molecule has 1 saturated heterocycles. The number of aryl methyl sites for hydroxylation is 2. The monoisotopic (exact) mass is 526 g/mol. The lowest BCUT2D eigenvalue weighted by atomic mass is 9.92. The lowest BCUT2D eigenvalue weighted by Crippen LogP contribution is -2.30. The number of amides is 1. The van der Waals surface area contributed by atoms with E-state index in [1.807, 2.05) is 76.2 Å². The van der Waals surface area contributed by atoms with E-state index >= 15 is 0 Å². The molecular weight excluding hydrogens is 488 g/mol. The standard InChI is InChI=1S/C33H38N2O4/c1-8-34(9-2)25-15-12-23(13-16-25)30-29(31(36)24-14-17-28(39-7)26(19-24)20(3)4)32(37)33(38)35(30)27-18-21(5)10-11-22(27)6/h10-20,30,36H,8-9H2,1-7H3/b31-29-.